The third-order valence-electron chi connectivity index (χ3n) is 4.77. The van der Waals surface area contributed by atoms with Crippen LogP contribution in [-0.4, -0.2) is 43.0 Å². The number of nitrogens with one attached hydrogen (secondary N) is 2. The van der Waals surface area contributed by atoms with Crippen molar-refractivity contribution >= 4 is 52.2 Å². The van der Waals surface area contributed by atoms with Crippen LogP contribution in [0.15, 0.2) is 42.5 Å². The van der Waals surface area contributed by atoms with Gasteiger partial charge in [0.15, 0.2) is 0 Å². The quantitative estimate of drug-likeness (QED) is 0.656. The number of nitrogens with zero attached hydrogens (tertiary/aromatic N) is 2. The van der Waals surface area contributed by atoms with E-state index in [9.17, 15) is 9.59 Å². The Balaban J connectivity index is 1.52. The fourth-order valence-electron chi connectivity index (χ4n) is 3.14. The van der Waals surface area contributed by atoms with Gasteiger partial charge in [-0.25, -0.2) is 4.79 Å². The fraction of sp³-hybridized carbons (Fsp3) is 0.273. The number of anilines is 3. The molecule has 1 fully saturated rings. The van der Waals surface area contributed by atoms with Gasteiger partial charge in [-0.3, -0.25) is 4.79 Å². The van der Waals surface area contributed by atoms with Gasteiger partial charge < -0.3 is 20.4 Å². The van der Waals surface area contributed by atoms with Gasteiger partial charge in [-0.1, -0.05) is 29.3 Å². The summed E-state index contributed by atoms with van der Waals surface area (Å²) < 4.78 is 0. The molecule has 3 amide bonds. The second-order valence-electron chi connectivity index (χ2n) is 6.80. The molecule has 6 nitrogen and oxygen atoms in total. The van der Waals surface area contributed by atoms with Crippen LogP contribution in [0.5, 0.6) is 0 Å². The lowest BCUT2D eigenvalue weighted by molar-refractivity contribution is -0.116. The Morgan fingerprint density at radius 3 is 2.20 bits per heavy atom. The summed E-state index contributed by atoms with van der Waals surface area (Å²) in [6, 6.07) is 12.5. The molecule has 2 N–H and O–H groups in total. The zero-order valence-electron chi connectivity index (χ0n) is 16.3. The van der Waals surface area contributed by atoms with Crippen LogP contribution >= 0.6 is 23.2 Å². The Bertz CT molecular complexity index is 928. The summed E-state index contributed by atoms with van der Waals surface area (Å²) in [6.45, 7) is 2.52. The molecule has 8 heteroatoms. The maximum absolute atomic E-state index is 12.6. The minimum Gasteiger partial charge on any atom is -0.368 e. The number of rotatable bonds is 5. The van der Waals surface area contributed by atoms with Gasteiger partial charge in [0, 0.05) is 50.4 Å². The lowest BCUT2D eigenvalue weighted by Crippen LogP contribution is -2.50. The zero-order chi connectivity index (χ0) is 21.5. The van der Waals surface area contributed by atoms with Crippen molar-refractivity contribution in [1.29, 1.82) is 0 Å². The van der Waals surface area contributed by atoms with Crippen LogP contribution in [0.25, 0.3) is 0 Å². The number of halogens is 2. The highest BCUT2D eigenvalue weighted by Crippen LogP contribution is 2.30. The Hall–Kier alpha value is -2.88. The third-order valence-corrected chi connectivity index (χ3v) is 5.40. The number of piperazine rings is 1. The maximum atomic E-state index is 12.6. The molecule has 1 aliphatic rings. The van der Waals surface area contributed by atoms with Crippen molar-refractivity contribution in [1.82, 2.24) is 4.90 Å². The van der Waals surface area contributed by atoms with Gasteiger partial charge >= 0.3 is 6.03 Å². The molecular weight excluding hydrogens is 423 g/mol. The second-order valence-corrected chi connectivity index (χ2v) is 7.61. The van der Waals surface area contributed by atoms with Crippen molar-refractivity contribution in [3.63, 3.8) is 0 Å². The van der Waals surface area contributed by atoms with Gasteiger partial charge in [0.05, 0.1) is 15.7 Å². The normalized spacial score (nSPS) is 13.5. The van der Waals surface area contributed by atoms with Crippen molar-refractivity contribution in [2.24, 2.45) is 0 Å². The molecule has 2 aromatic carbocycles. The van der Waals surface area contributed by atoms with Gasteiger partial charge in [-0.05, 0) is 36.4 Å². The summed E-state index contributed by atoms with van der Waals surface area (Å²) in [7, 11) is 0. The van der Waals surface area contributed by atoms with Gasteiger partial charge in [-0.15, -0.1) is 12.3 Å². The summed E-state index contributed by atoms with van der Waals surface area (Å²) in [5.41, 5.74) is 2.19. The molecule has 0 aromatic heterocycles. The van der Waals surface area contributed by atoms with Crippen LogP contribution < -0.4 is 15.5 Å². The summed E-state index contributed by atoms with van der Waals surface area (Å²) in [6.07, 6.45) is 5.91. The first-order valence-electron chi connectivity index (χ1n) is 9.56. The minimum absolute atomic E-state index is 0.0982. The van der Waals surface area contributed by atoms with Crippen molar-refractivity contribution < 1.29 is 9.59 Å². The molecule has 0 unspecified atom stereocenters. The largest absolute Gasteiger partial charge is 0.368 e. The molecule has 0 bridgehead atoms. The first-order valence-corrected chi connectivity index (χ1v) is 10.3. The summed E-state index contributed by atoms with van der Waals surface area (Å²) in [4.78, 5) is 28.2. The van der Waals surface area contributed by atoms with E-state index in [2.05, 4.69) is 21.5 Å². The monoisotopic (exact) mass is 444 g/mol. The van der Waals surface area contributed by atoms with Crippen LogP contribution in [0.2, 0.25) is 10.0 Å². The van der Waals surface area contributed by atoms with Crippen LogP contribution in [0.4, 0.5) is 21.9 Å². The number of terminal acetylenes is 1. The van der Waals surface area contributed by atoms with E-state index in [0.29, 0.717) is 54.8 Å². The van der Waals surface area contributed by atoms with E-state index in [1.807, 2.05) is 24.3 Å². The molecule has 0 aliphatic carbocycles. The number of carbonyl (C=O) groups is 2. The molecule has 2 aromatic rings. The van der Waals surface area contributed by atoms with Crippen molar-refractivity contribution in [3.8, 4) is 12.3 Å². The molecule has 30 heavy (non-hydrogen) atoms. The standard InChI is InChI=1S/C22H22Cl2N4O2/c1-2-3-7-20(29)25-16-8-10-17(11-9-16)27-12-14-28(15-13-27)22(30)26-21-18(23)5-4-6-19(21)24/h1,4-6,8-11H,3,7,12-15H2,(H,25,29)(H,26,30). The third kappa shape index (κ3) is 5.59. The molecule has 156 valence electrons. The number of hydrogen-bond donors (Lipinski definition) is 2. The highest BCUT2D eigenvalue weighted by Gasteiger charge is 2.22. The minimum atomic E-state index is -0.227. The van der Waals surface area contributed by atoms with Gasteiger partial charge in [0.1, 0.15) is 0 Å². The average Bonchev–Trinajstić information content (AvgIpc) is 2.75. The zero-order valence-corrected chi connectivity index (χ0v) is 17.8. The Morgan fingerprint density at radius 1 is 0.967 bits per heavy atom. The van der Waals surface area contributed by atoms with Crippen LogP contribution in [-0.2, 0) is 4.79 Å². The molecular formula is C22H22Cl2N4O2. The second kappa shape index (κ2) is 10.2. The summed E-state index contributed by atoms with van der Waals surface area (Å²) in [5, 5.41) is 6.43. The average molecular weight is 445 g/mol. The van der Waals surface area contributed by atoms with Crippen LogP contribution in [0.3, 0.4) is 0 Å². The highest BCUT2D eigenvalue weighted by molar-refractivity contribution is 6.39. The maximum Gasteiger partial charge on any atom is 0.322 e. The smallest absolute Gasteiger partial charge is 0.322 e. The lowest BCUT2D eigenvalue weighted by atomic mass is 10.2. The SMILES string of the molecule is C#CCCC(=O)Nc1ccc(N2CCN(C(=O)Nc3c(Cl)cccc3Cl)CC2)cc1. The van der Waals surface area contributed by atoms with Crippen LogP contribution in [0, 0.1) is 12.3 Å². The van der Waals surface area contributed by atoms with Crippen molar-refractivity contribution in [3.05, 3.63) is 52.5 Å². The number of para-hydroxylation sites is 1. The topological polar surface area (TPSA) is 64.7 Å². The van der Waals surface area contributed by atoms with Crippen molar-refractivity contribution in [2.75, 3.05) is 41.7 Å². The van der Waals surface area contributed by atoms with Crippen LogP contribution in [0.1, 0.15) is 12.8 Å². The number of carbonyl (C=O) groups excluding carboxylic acids is 2. The van der Waals surface area contributed by atoms with E-state index in [1.54, 1.807) is 23.1 Å². The van der Waals surface area contributed by atoms with Gasteiger partial charge in [-0.2, -0.15) is 0 Å². The first kappa shape index (κ1) is 21.8. The molecule has 1 saturated heterocycles. The van der Waals surface area contributed by atoms with E-state index < -0.39 is 0 Å². The van der Waals surface area contributed by atoms with E-state index >= 15 is 0 Å². The summed E-state index contributed by atoms with van der Waals surface area (Å²) >= 11 is 12.2. The van der Waals surface area contributed by atoms with E-state index in [-0.39, 0.29) is 11.9 Å². The molecule has 0 spiro atoms. The molecule has 1 heterocycles. The fourth-order valence-corrected chi connectivity index (χ4v) is 3.63. The van der Waals surface area contributed by atoms with E-state index in [0.717, 1.165) is 11.4 Å². The molecule has 0 radical (unpaired) electrons. The first-order chi connectivity index (χ1) is 14.5. The number of hydrogen-bond acceptors (Lipinski definition) is 3. The molecule has 0 atom stereocenters. The molecule has 0 saturated carbocycles. The van der Waals surface area contributed by atoms with Gasteiger partial charge in [0.2, 0.25) is 5.91 Å². The molecule has 3 rings (SSSR count). The summed E-state index contributed by atoms with van der Waals surface area (Å²) in [5.74, 6) is 2.36. The van der Waals surface area contributed by atoms with Gasteiger partial charge in [0.25, 0.3) is 0 Å². The Labute approximate surface area is 186 Å². The predicted molar refractivity (Wildman–Crippen MR) is 122 cm³/mol. The van der Waals surface area contributed by atoms with E-state index in [1.165, 1.54) is 0 Å². The van der Waals surface area contributed by atoms with Crippen molar-refractivity contribution in [2.45, 2.75) is 12.8 Å². The van der Waals surface area contributed by atoms with E-state index in [4.69, 9.17) is 29.6 Å². The Kier molecular flexibility index (Phi) is 7.45. The Morgan fingerprint density at radius 2 is 1.60 bits per heavy atom. The number of urea groups is 1. The molecule has 1 aliphatic heterocycles. The lowest BCUT2D eigenvalue weighted by Gasteiger charge is -2.36. The number of amides is 3. The predicted octanol–water partition coefficient (Wildman–Crippen LogP) is 4.70. The number of benzene rings is 2. The highest BCUT2D eigenvalue weighted by atomic mass is 35.5.